The second-order valence-corrected chi connectivity index (χ2v) is 14.0. The number of nitriles is 1. The third kappa shape index (κ3) is 6.32. The molecule has 0 aliphatic rings. The highest BCUT2D eigenvalue weighted by Crippen LogP contribution is 2.39. The number of hydrogen-bond donors (Lipinski definition) is 0. The Kier molecular flexibility index (Phi) is 8.48. The molecular formula is C52H33N5. The van der Waals surface area contributed by atoms with Gasteiger partial charge in [0.15, 0.2) is 17.5 Å². The van der Waals surface area contributed by atoms with Gasteiger partial charge in [0.2, 0.25) is 0 Å². The Labute approximate surface area is 330 Å². The predicted octanol–water partition coefficient (Wildman–Crippen LogP) is 12.8. The van der Waals surface area contributed by atoms with Gasteiger partial charge < -0.3 is 4.57 Å². The van der Waals surface area contributed by atoms with Crippen LogP contribution in [0.1, 0.15) is 5.56 Å². The second kappa shape index (κ2) is 14.4. The van der Waals surface area contributed by atoms with Crippen LogP contribution in [0.3, 0.4) is 0 Å². The fraction of sp³-hybridized carbons (Fsp3) is 0. The van der Waals surface area contributed by atoms with Gasteiger partial charge in [0.1, 0.15) is 0 Å². The first-order chi connectivity index (χ1) is 28.2. The zero-order chi connectivity index (χ0) is 38.1. The van der Waals surface area contributed by atoms with Crippen molar-refractivity contribution in [2.75, 3.05) is 0 Å². The van der Waals surface area contributed by atoms with E-state index in [-0.39, 0.29) is 0 Å². The molecule has 0 bridgehead atoms. The molecule has 0 spiro atoms. The number of hydrogen-bond acceptors (Lipinski definition) is 4. The molecule has 57 heavy (non-hydrogen) atoms. The molecule has 0 N–H and O–H groups in total. The molecule has 0 radical (unpaired) electrons. The summed E-state index contributed by atoms with van der Waals surface area (Å²) in [5.41, 5.74) is 13.0. The van der Waals surface area contributed by atoms with Crippen molar-refractivity contribution in [2.24, 2.45) is 0 Å². The SMILES string of the molecule is N#Cc1ccc(-c2nc(-c3ccccc3)nc(-c3ccccc3)n2)c(-c2ccc(-n3c4ccc(-c5ccccc5)cc4c4cc(-c5ccccc5)ccc43)cc2)c1. The van der Waals surface area contributed by atoms with Crippen LogP contribution in [0, 0.1) is 11.3 Å². The zero-order valence-electron chi connectivity index (χ0n) is 30.8. The maximum atomic E-state index is 10.0. The molecule has 0 atom stereocenters. The summed E-state index contributed by atoms with van der Waals surface area (Å²) >= 11 is 0. The van der Waals surface area contributed by atoms with Crippen molar-refractivity contribution in [3.63, 3.8) is 0 Å². The number of aromatic nitrogens is 4. The summed E-state index contributed by atoms with van der Waals surface area (Å²) in [6, 6.07) is 71.1. The summed E-state index contributed by atoms with van der Waals surface area (Å²) in [5.74, 6) is 1.71. The Balaban J connectivity index is 1.12. The summed E-state index contributed by atoms with van der Waals surface area (Å²) in [7, 11) is 0. The minimum atomic E-state index is 0.539. The normalized spacial score (nSPS) is 11.1. The van der Waals surface area contributed by atoms with E-state index in [1.807, 2.05) is 78.9 Å². The Hall–Kier alpha value is -7.94. The van der Waals surface area contributed by atoms with E-state index in [2.05, 4.69) is 132 Å². The van der Waals surface area contributed by atoms with Crippen LogP contribution in [0.25, 0.3) is 95.0 Å². The molecular weight excluding hydrogens is 695 g/mol. The fourth-order valence-electron chi connectivity index (χ4n) is 7.69. The van der Waals surface area contributed by atoms with E-state index in [9.17, 15) is 5.26 Å². The van der Waals surface area contributed by atoms with E-state index in [0.717, 1.165) is 44.5 Å². The summed E-state index contributed by atoms with van der Waals surface area (Å²) in [6.07, 6.45) is 0. The lowest BCUT2D eigenvalue weighted by atomic mass is 9.96. The summed E-state index contributed by atoms with van der Waals surface area (Å²) < 4.78 is 2.34. The molecule has 0 aliphatic carbocycles. The van der Waals surface area contributed by atoms with Crippen LogP contribution >= 0.6 is 0 Å². The monoisotopic (exact) mass is 727 g/mol. The quantitative estimate of drug-likeness (QED) is 0.164. The van der Waals surface area contributed by atoms with Gasteiger partial charge in [-0.05, 0) is 88.0 Å². The molecule has 0 amide bonds. The standard InChI is InChI=1S/C52H33N5/c53-34-35-21-28-44(52-55-50(39-17-9-3-10-18-39)54-51(56-52)40-19-11-4-12-20-40)45(31-35)38-22-26-43(27-23-38)57-48-29-24-41(36-13-5-1-6-14-36)32-46(48)47-33-42(25-30-49(47)57)37-15-7-2-8-16-37/h1-33H. The van der Waals surface area contributed by atoms with Gasteiger partial charge in [-0.2, -0.15) is 5.26 Å². The Morgan fingerprint density at radius 3 is 1.26 bits per heavy atom. The number of fused-ring (bicyclic) bond motifs is 3. The Bertz CT molecular complexity index is 2940. The first-order valence-corrected chi connectivity index (χ1v) is 18.9. The molecule has 5 heteroatoms. The molecule has 10 aromatic rings. The molecule has 2 aromatic heterocycles. The predicted molar refractivity (Wildman–Crippen MR) is 231 cm³/mol. The molecule has 8 aromatic carbocycles. The number of benzene rings is 8. The third-order valence-corrected chi connectivity index (χ3v) is 10.5. The van der Waals surface area contributed by atoms with Crippen LogP contribution in [0.4, 0.5) is 0 Å². The molecule has 10 rings (SSSR count). The van der Waals surface area contributed by atoms with Gasteiger partial charge in [0, 0.05) is 33.2 Å². The van der Waals surface area contributed by atoms with E-state index in [0.29, 0.717) is 23.0 Å². The van der Waals surface area contributed by atoms with E-state index in [1.165, 1.54) is 33.0 Å². The highest BCUT2D eigenvalue weighted by atomic mass is 15.0. The van der Waals surface area contributed by atoms with Crippen molar-refractivity contribution in [2.45, 2.75) is 0 Å². The minimum absolute atomic E-state index is 0.539. The molecule has 266 valence electrons. The second-order valence-electron chi connectivity index (χ2n) is 14.0. The third-order valence-electron chi connectivity index (χ3n) is 10.5. The zero-order valence-corrected chi connectivity index (χ0v) is 30.8. The molecule has 0 unspecified atom stereocenters. The Morgan fingerprint density at radius 1 is 0.351 bits per heavy atom. The van der Waals surface area contributed by atoms with Crippen molar-refractivity contribution in [3.05, 3.63) is 206 Å². The first kappa shape index (κ1) is 33.6. The molecule has 0 saturated heterocycles. The number of nitrogens with zero attached hydrogens (tertiary/aromatic N) is 5. The number of rotatable bonds is 7. The fourth-order valence-corrected chi connectivity index (χ4v) is 7.69. The summed E-state index contributed by atoms with van der Waals surface area (Å²) in [4.78, 5) is 14.9. The van der Waals surface area contributed by atoms with Crippen LogP contribution in [0.15, 0.2) is 200 Å². The van der Waals surface area contributed by atoms with Crippen LogP contribution < -0.4 is 0 Å². The summed E-state index contributed by atoms with van der Waals surface area (Å²) in [5, 5.41) is 12.4. The maximum absolute atomic E-state index is 10.0. The molecule has 0 aliphatic heterocycles. The van der Waals surface area contributed by atoms with Crippen molar-refractivity contribution < 1.29 is 0 Å². The van der Waals surface area contributed by atoms with Gasteiger partial charge >= 0.3 is 0 Å². The van der Waals surface area contributed by atoms with Crippen molar-refractivity contribution in [1.82, 2.24) is 19.5 Å². The smallest absolute Gasteiger partial charge is 0.164 e. The Morgan fingerprint density at radius 2 is 0.789 bits per heavy atom. The lowest BCUT2D eigenvalue weighted by Crippen LogP contribution is -2.01. The lowest BCUT2D eigenvalue weighted by molar-refractivity contribution is 1.07. The highest BCUT2D eigenvalue weighted by Gasteiger charge is 2.18. The van der Waals surface area contributed by atoms with E-state index in [1.54, 1.807) is 0 Å². The van der Waals surface area contributed by atoms with Gasteiger partial charge in [0.05, 0.1) is 22.7 Å². The van der Waals surface area contributed by atoms with Gasteiger partial charge in [-0.1, -0.05) is 146 Å². The largest absolute Gasteiger partial charge is 0.309 e. The molecule has 0 saturated carbocycles. The van der Waals surface area contributed by atoms with Crippen LogP contribution in [-0.4, -0.2) is 19.5 Å². The van der Waals surface area contributed by atoms with Gasteiger partial charge in [-0.15, -0.1) is 0 Å². The lowest BCUT2D eigenvalue weighted by Gasteiger charge is -2.14. The van der Waals surface area contributed by atoms with Crippen molar-refractivity contribution in [3.8, 4) is 79.3 Å². The van der Waals surface area contributed by atoms with Crippen LogP contribution in [0.2, 0.25) is 0 Å². The van der Waals surface area contributed by atoms with Gasteiger partial charge in [-0.25, -0.2) is 15.0 Å². The van der Waals surface area contributed by atoms with Crippen molar-refractivity contribution >= 4 is 21.8 Å². The summed E-state index contributed by atoms with van der Waals surface area (Å²) in [6.45, 7) is 0. The van der Waals surface area contributed by atoms with E-state index >= 15 is 0 Å². The van der Waals surface area contributed by atoms with Crippen molar-refractivity contribution in [1.29, 1.82) is 5.26 Å². The minimum Gasteiger partial charge on any atom is -0.309 e. The molecule has 0 fully saturated rings. The first-order valence-electron chi connectivity index (χ1n) is 18.9. The van der Waals surface area contributed by atoms with Crippen LogP contribution in [0.5, 0.6) is 0 Å². The average Bonchev–Trinajstić information content (AvgIpc) is 3.63. The topological polar surface area (TPSA) is 67.4 Å². The van der Waals surface area contributed by atoms with Gasteiger partial charge in [-0.3, -0.25) is 0 Å². The van der Waals surface area contributed by atoms with E-state index < -0.39 is 0 Å². The van der Waals surface area contributed by atoms with Crippen LogP contribution in [-0.2, 0) is 0 Å². The average molecular weight is 728 g/mol. The highest BCUT2D eigenvalue weighted by molar-refractivity contribution is 6.11. The van der Waals surface area contributed by atoms with E-state index in [4.69, 9.17) is 15.0 Å². The molecule has 2 heterocycles. The molecule has 5 nitrogen and oxygen atoms in total. The maximum Gasteiger partial charge on any atom is 0.164 e. The van der Waals surface area contributed by atoms with Gasteiger partial charge in [0.25, 0.3) is 0 Å².